The van der Waals surface area contributed by atoms with Crippen molar-refractivity contribution >= 4 is 34.7 Å². The van der Waals surface area contributed by atoms with E-state index in [1.807, 2.05) is 0 Å². The van der Waals surface area contributed by atoms with Crippen molar-refractivity contribution in [2.45, 2.75) is 6.42 Å². The molecule has 0 fully saturated rings. The molecule has 0 unspecified atom stereocenters. The first kappa shape index (κ1) is 10.1. The van der Waals surface area contributed by atoms with Crippen LogP contribution in [0.3, 0.4) is 0 Å². The minimum atomic E-state index is -0.428. The van der Waals surface area contributed by atoms with E-state index in [4.69, 9.17) is 12.2 Å². The Labute approximate surface area is 86.3 Å². The third-order valence-corrected chi connectivity index (χ3v) is 1.80. The summed E-state index contributed by atoms with van der Waals surface area (Å²) in [4.78, 5) is 9.87. The van der Waals surface area contributed by atoms with Gasteiger partial charge in [-0.05, 0) is 5.56 Å². The molecular formula is C8H7NO2S2. The fraction of sp³-hybridized carbons (Fsp3) is 0.125. The lowest BCUT2D eigenvalue weighted by Gasteiger charge is -1.97. The van der Waals surface area contributed by atoms with Crippen LogP contribution in [0.5, 0.6) is 0 Å². The third-order valence-electron chi connectivity index (χ3n) is 1.50. The van der Waals surface area contributed by atoms with Gasteiger partial charge >= 0.3 is 0 Å². The molecule has 68 valence electrons. The summed E-state index contributed by atoms with van der Waals surface area (Å²) in [5.41, 5.74) is 1.03. The van der Waals surface area contributed by atoms with E-state index in [1.54, 1.807) is 12.1 Å². The quantitative estimate of drug-likeness (QED) is 0.363. The second-order valence-electron chi connectivity index (χ2n) is 2.49. The zero-order valence-electron chi connectivity index (χ0n) is 6.64. The van der Waals surface area contributed by atoms with Gasteiger partial charge in [-0.25, -0.2) is 0 Å². The first-order valence-corrected chi connectivity index (χ1v) is 4.40. The lowest BCUT2D eigenvalue weighted by Crippen LogP contribution is -1.92. The van der Waals surface area contributed by atoms with Crippen LogP contribution in [0.2, 0.25) is 0 Å². The number of non-ortho nitro benzene ring substituents is 1. The SMILES string of the molecule is O=[N+]([O-])c1ccc(CC(=S)S)cc1. The molecule has 5 heteroatoms. The molecule has 0 heterocycles. The Balaban J connectivity index is 2.81. The average Bonchev–Trinajstić information content (AvgIpc) is 2.04. The molecule has 0 atom stereocenters. The first-order valence-electron chi connectivity index (χ1n) is 3.54. The van der Waals surface area contributed by atoms with Gasteiger partial charge in [0.2, 0.25) is 0 Å². The molecule has 0 saturated carbocycles. The monoisotopic (exact) mass is 213 g/mol. The highest BCUT2D eigenvalue weighted by Gasteiger charge is 2.03. The van der Waals surface area contributed by atoms with E-state index in [-0.39, 0.29) is 5.69 Å². The van der Waals surface area contributed by atoms with Crippen LogP contribution in [0.4, 0.5) is 5.69 Å². The number of hydrogen-bond donors (Lipinski definition) is 1. The number of hydrogen-bond acceptors (Lipinski definition) is 3. The Bertz CT molecular complexity index is 335. The standard InChI is InChI=1S/C8H7NO2S2/c10-9(11)7-3-1-6(2-4-7)5-8(12)13/h1-4H,5H2,(H,12,13). The van der Waals surface area contributed by atoms with Gasteiger partial charge in [-0.2, -0.15) is 0 Å². The van der Waals surface area contributed by atoms with Crippen molar-refractivity contribution in [2.75, 3.05) is 0 Å². The van der Waals surface area contributed by atoms with E-state index in [0.29, 0.717) is 10.6 Å². The molecule has 0 bridgehead atoms. The largest absolute Gasteiger partial charge is 0.269 e. The Hall–Kier alpha value is -0.940. The number of thiocarbonyl (C=S) groups is 1. The highest BCUT2D eigenvalue weighted by molar-refractivity contribution is 8.11. The van der Waals surface area contributed by atoms with Crippen molar-refractivity contribution in [3.63, 3.8) is 0 Å². The predicted octanol–water partition coefficient (Wildman–Crippen LogP) is 2.39. The highest BCUT2D eigenvalue weighted by atomic mass is 32.1. The van der Waals surface area contributed by atoms with E-state index in [0.717, 1.165) is 5.56 Å². The fourth-order valence-corrected chi connectivity index (χ4v) is 1.26. The Morgan fingerprint density at radius 2 is 2.00 bits per heavy atom. The van der Waals surface area contributed by atoms with Crippen molar-refractivity contribution in [1.82, 2.24) is 0 Å². The number of thiol groups is 1. The van der Waals surface area contributed by atoms with E-state index >= 15 is 0 Å². The first-order chi connectivity index (χ1) is 6.09. The molecule has 0 aliphatic rings. The molecule has 0 amide bonds. The molecule has 0 spiro atoms. The third kappa shape index (κ3) is 3.12. The van der Waals surface area contributed by atoms with E-state index < -0.39 is 4.92 Å². The number of nitrogens with zero attached hydrogens (tertiary/aromatic N) is 1. The normalized spacial score (nSPS) is 9.62. The number of benzene rings is 1. The van der Waals surface area contributed by atoms with E-state index in [1.165, 1.54) is 12.1 Å². The van der Waals surface area contributed by atoms with Gasteiger partial charge in [-0.15, -0.1) is 12.6 Å². The van der Waals surface area contributed by atoms with Gasteiger partial charge in [0.15, 0.2) is 0 Å². The summed E-state index contributed by atoms with van der Waals surface area (Å²) >= 11 is 8.77. The molecule has 0 aliphatic heterocycles. The average molecular weight is 213 g/mol. The lowest BCUT2D eigenvalue weighted by atomic mass is 10.1. The smallest absolute Gasteiger partial charge is 0.258 e. The topological polar surface area (TPSA) is 43.1 Å². The summed E-state index contributed by atoms with van der Waals surface area (Å²) in [5.74, 6) is 0. The summed E-state index contributed by atoms with van der Waals surface area (Å²) in [6, 6.07) is 6.28. The van der Waals surface area contributed by atoms with Crippen LogP contribution in [0.15, 0.2) is 24.3 Å². The number of rotatable bonds is 3. The molecule has 0 radical (unpaired) electrons. The number of nitro benzene ring substituents is 1. The second kappa shape index (κ2) is 4.34. The van der Waals surface area contributed by atoms with Crippen LogP contribution in [0, 0.1) is 10.1 Å². The highest BCUT2D eigenvalue weighted by Crippen LogP contribution is 2.12. The van der Waals surface area contributed by atoms with E-state index in [9.17, 15) is 10.1 Å². The molecule has 1 aromatic rings. The van der Waals surface area contributed by atoms with Crippen LogP contribution in [0.25, 0.3) is 0 Å². The van der Waals surface area contributed by atoms with Crippen molar-refractivity contribution in [3.05, 3.63) is 39.9 Å². The van der Waals surface area contributed by atoms with Gasteiger partial charge in [0.05, 0.1) is 4.92 Å². The summed E-state index contributed by atoms with van der Waals surface area (Å²) in [7, 11) is 0. The lowest BCUT2D eigenvalue weighted by molar-refractivity contribution is -0.384. The zero-order chi connectivity index (χ0) is 9.84. The van der Waals surface area contributed by atoms with Crippen molar-refractivity contribution in [3.8, 4) is 0 Å². The fourth-order valence-electron chi connectivity index (χ4n) is 0.910. The summed E-state index contributed by atoms with van der Waals surface area (Å²) in [6.07, 6.45) is 0.566. The van der Waals surface area contributed by atoms with Crippen LogP contribution >= 0.6 is 24.8 Å². The van der Waals surface area contributed by atoms with Crippen molar-refractivity contribution in [1.29, 1.82) is 0 Å². The van der Waals surface area contributed by atoms with Crippen LogP contribution in [-0.2, 0) is 6.42 Å². The molecular weight excluding hydrogens is 206 g/mol. The summed E-state index contributed by atoms with van der Waals surface area (Å²) in [6.45, 7) is 0. The van der Waals surface area contributed by atoms with Gasteiger partial charge in [0.1, 0.15) is 0 Å². The number of nitro groups is 1. The molecule has 1 rings (SSSR count). The molecule has 1 aromatic carbocycles. The second-order valence-corrected chi connectivity index (χ2v) is 3.83. The minimum absolute atomic E-state index is 0.0915. The van der Waals surface area contributed by atoms with Crippen LogP contribution in [-0.4, -0.2) is 9.12 Å². The molecule has 0 aliphatic carbocycles. The van der Waals surface area contributed by atoms with E-state index in [2.05, 4.69) is 12.6 Å². The van der Waals surface area contributed by atoms with Gasteiger partial charge in [-0.1, -0.05) is 24.4 Å². The minimum Gasteiger partial charge on any atom is -0.258 e. The van der Waals surface area contributed by atoms with Crippen LogP contribution < -0.4 is 0 Å². The maximum absolute atomic E-state index is 10.3. The Morgan fingerprint density at radius 1 is 1.46 bits per heavy atom. The summed E-state index contributed by atoms with van der Waals surface area (Å²) < 4.78 is 0.578. The predicted molar refractivity (Wildman–Crippen MR) is 58.4 cm³/mol. The molecule has 13 heavy (non-hydrogen) atoms. The summed E-state index contributed by atoms with van der Waals surface area (Å²) in [5, 5.41) is 10.3. The van der Waals surface area contributed by atoms with Crippen LogP contribution in [0.1, 0.15) is 5.56 Å². The Morgan fingerprint density at radius 3 is 2.38 bits per heavy atom. The van der Waals surface area contributed by atoms with Crippen molar-refractivity contribution < 1.29 is 4.92 Å². The Kier molecular flexibility index (Phi) is 3.39. The molecule has 0 saturated heterocycles. The maximum atomic E-state index is 10.3. The van der Waals surface area contributed by atoms with Gasteiger partial charge in [0, 0.05) is 22.8 Å². The van der Waals surface area contributed by atoms with Gasteiger partial charge in [-0.3, -0.25) is 10.1 Å². The molecule has 0 N–H and O–H groups in total. The maximum Gasteiger partial charge on any atom is 0.269 e. The zero-order valence-corrected chi connectivity index (χ0v) is 8.35. The van der Waals surface area contributed by atoms with Gasteiger partial charge in [0.25, 0.3) is 5.69 Å². The van der Waals surface area contributed by atoms with Crippen molar-refractivity contribution in [2.24, 2.45) is 0 Å². The molecule has 0 aromatic heterocycles. The molecule has 3 nitrogen and oxygen atoms in total. The van der Waals surface area contributed by atoms with Gasteiger partial charge < -0.3 is 0 Å².